The van der Waals surface area contributed by atoms with Crippen LogP contribution < -0.4 is 5.73 Å². The van der Waals surface area contributed by atoms with Crippen molar-refractivity contribution in [2.45, 2.75) is 25.7 Å². The van der Waals surface area contributed by atoms with E-state index < -0.39 is 11.8 Å². The van der Waals surface area contributed by atoms with Crippen molar-refractivity contribution in [3.63, 3.8) is 0 Å². The van der Waals surface area contributed by atoms with E-state index in [1.165, 1.54) is 6.07 Å². The lowest BCUT2D eigenvalue weighted by Crippen LogP contribution is -2.30. The van der Waals surface area contributed by atoms with Gasteiger partial charge in [0.25, 0.3) is 0 Å². The molecule has 30 heavy (non-hydrogen) atoms. The van der Waals surface area contributed by atoms with Crippen molar-refractivity contribution in [1.29, 1.82) is 0 Å². The van der Waals surface area contributed by atoms with Gasteiger partial charge in [-0.25, -0.2) is 4.39 Å². The molecule has 1 aliphatic heterocycles. The fourth-order valence-corrected chi connectivity index (χ4v) is 4.04. The summed E-state index contributed by atoms with van der Waals surface area (Å²) < 4.78 is 19.7. The molecule has 0 bridgehead atoms. The Bertz CT molecular complexity index is 940. The molecule has 2 aromatic rings. The van der Waals surface area contributed by atoms with Gasteiger partial charge >= 0.3 is 5.97 Å². The highest BCUT2D eigenvalue weighted by Crippen LogP contribution is 2.38. The predicted molar refractivity (Wildman–Crippen MR) is 119 cm³/mol. The van der Waals surface area contributed by atoms with Crippen LogP contribution in [0.4, 0.5) is 10.1 Å². The minimum Gasteiger partial charge on any atom is -0.465 e. The number of nitrogens with two attached hydrogens (primary N) is 1. The summed E-state index contributed by atoms with van der Waals surface area (Å²) in [5.74, 6) is -0.702. The number of benzene rings is 2. The number of esters is 1. The van der Waals surface area contributed by atoms with Crippen LogP contribution in [0.25, 0.3) is 0 Å². The third kappa shape index (κ3) is 4.99. The summed E-state index contributed by atoms with van der Waals surface area (Å²) in [4.78, 5) is 18.7. The maximum absolute atomic E-state index is 14.7. The molecule has 3 rings (SSSR count). The second kappa shape index (κ2) is 10.0. The molecular weight excluding hydrogens is 405 g/mol. The van der Waals surface area contributed by atoms with Crippen LogP contribution in [-0.2, 0) is 9.53 Å². The van der Waals surface area contributed by atoms with E-state index in [2.05, 4.69) is 16.9 Å². The molecular formula is C23H27ClFN3O2. The predicted octanol–water partition coefficient (Wildman–Crippen LogP) is 4.27. The normalized spacial score (nSPS) is 15.9. The van der Waals surface area contributed by atoms with Crippen LogP contribution >= 0.6 is 11.6 Å². The Kier molecular flexibility index (Phi) is 7.45. The molecule has 0 saturated carbocycles. The van der Waals surface area contributed by atoms with Gasteiger partial charge < -0.3 is 15.4 Å². The van der Waals surface area contributed by atoms with Gasteiger partial charge in [-0.3, -0.25) is 9.79 Å². The van der Waals surface area contributed by atoms with E-state index in [0.717, 1.165) is 31.5 Å². The third-order valence-corrected chi connectivity index (χ3v) is 5.75. The van der Waals surface area contributed by atoms with E-state index in [4.69, 9.17) is 22.1 Å². The standard InChI is InChI=1S/C23H27ClFN3O2/c1-3-30-20(29)14-27-23(16-6-4-5-7-19(16)25)17-8-9-18(24)22(26)21(17)15-10-12-28(2)13-11-15/h4-9,15H,3,10-14,26H2,1-2H3. The zero-order valence-electron chi connectivity index (χ0n) is 17.3. The minimum absolute atomic E-state index is 0.175. The fourth-order valence-electron chi connectivity index (χ4n) is 3.87. The van der Waals surface area contributed by atoms with Gasteiger partial charge in [0.15, 0.2) is 0 Å². The molecule has 7 heteroatoms. The SMILES string of the molecule is CCOC(=O)CN=C(c1ccccc1F)c1ccc(Cl)c(N)c1C1CCN(C)CC1. The quantitative estimate of drug-likeness (QED) is 0.421. The average Bonchev–Trinajstić information content (AvgIpc) is 2.73. The minimum atomic E-state index is -0.464. The van der Waals surface area contributed by atoms with Gasteiger partial charge in [-0.15, -0.1) is 0 Å². The van der Waals surface area contributed by atoms with Crippen molar-refractivity contribution in [2.24, 2.45) is 4.99 Å². The molecule has 0 atom stereocenters. The van der Waals surface area contributed by atoms with E-state index in [1.807, 2.05) is 6.07 Å². The first-order valence-electron chi connectivity index (χ1n) is 10.1. The number of nitrogen functional groups attached to an aromatic ring is 1. The Morgan fingerprint density at radius 1 is 1.23 bits per heavy atom. The number of rotatable bonds is 6. The van der Waals surface area contributed by atoms with Crippen molar-refractivity contribution in [1.82, 2.24) is 4.90 Å². The molecule has 0 amide bonds. The molecule has 0 unspecified atom stereocenters. The molecule has 2 N–H and O–H groups in total. The van der Waals surface area contributed by atoms with Gasteiger partial charge in [-0.05, 0) is 69.6 Å². The monoisotopic (exact) mass is 431 g/mol. The van der Waals surface area contributed by atoms with Gasteiger partial charge in [0.05, 0.1) is 23.0 Å². The number of aliphatic imine (C=N–C) groups is 1. The summed E-state index contributed by atoms with van der Waals surface area (Å²) in [6, 6.07) is 9.92. The zero-order chi connectivity index (χ0) is 21.7. The van der Waals surface area contributed by atoms with Crippen molar-refractivity contribution in [2.75, 3.05) is 39.0 Å². The molecule has 1 fully saturated rings. The summed E-state index contributed by atoms with van der Waals surface area (Å²) in [5, 5.41) is 0.464. The number of hydrogen-bond donors (Lipinski definition) is 1. The van der Waals surface area contributed by atoms with Gasteiger partial charge in [0.2, 0.25) is 0 Å². The molecule has 1 saturated heterocycles. The molecule has 0 spiro atoms. The fraction of sp³-hybridized carbons (Fsp3) is 0.391. The molecule has 5 nitrogen and oxygen atoms in total. The first kappa shape index (κ1) is 22.2. The lowest BCUT2D eigenvalue weighted by atomic mass is 9.83. The average molecular weight is 432 g/mol. The van der Waals surface area contributed by atoms with E-state index in [0.29, 0.717) is 27.5 Å². The van der Waals surface area contributed by atoms with Gasteiger partial charge in [-0.2, -0.15) is 0 Å². The Balaban J connectivity index is 2.13. The second-order valence-electron chi connectivity index (χ2n) is 7.45. The highest BCUT2D eigenvalue weighted by atomic mass is 35.5. The van der Waals surface area contributed by atoms with E-state index >= 15 is 0 Å². The maximum Gasteiger partial charge on any atom is 0.327 e. The van der Waals surface area contributed by atoms with Gasteiger partial charge in [-0.1, -0.05) is 29.8 Å². The number of anilines is 1. The lowest BCUT2D eigenvalue weighted by molar-refractivity contribution is -0.141. The van der Waals surface area contributed by atoms with Gasteiger partial charge in [0.1, 0.15) is 12.4 Å². The topological polar surface area (TPSA) is 67.9 Å². The smallest absolute Gasteiger partial charge is 0.327 e. The van der Waals surface area contributed by atoms with E-state index in [9.17, 15) is 9.18 Å². The first-order valence-corrected chi connectivity index (χ1v) is 10.5. The summed E-state index contributed by atoms with van der Waals surface area (Å²) in [6.45, 7) is 3.67. The van der Waals surface area contributed by atoms with Crippen LogP contribution in [-0.4, -0.2) is 49.9 Å². The van der Waals surface area contributed by atoms with Crippen LogP contribution in [0.15, 0.2) is 41.4 Å². The number of carbonyl (C=O) groups excluding carboxylic acids is 1. The number of halogens is 2. The number of hydrogen-bond acceptors (Lipinski definition) is 5. The van der Waals surface area contributed by atoms with Crippen molar-refractivity contribution < 1.29 is 13.9 Å². The lowest BCUT2D eigenvalue weighted by Gasteiger charge is -2.31. The van der Waals surface area contributed by atoms with Crippen molar-refractivity contribution >= 4 is 29.0 Å². The molecule has 0 radical (unpaired) electrons. The first-order chi connectivity index (χ1) is 14.4. The Hall–Kier alpha value is -2.44. The zero-order valence-corrected chi connectivity index (χ0v) is 18.1. The highest BCUT2D eigenvalue weighted by molar-refractivity contribution is 6.33. The van der Waals surface area contributed by atoms with Crippen molar-refractivity contribution in [3.05, 3.63) is 63.9 Å². The Morgan fingerprint density at radius 3 is 2.60 bits per heavy atom. The molecule has 1 heterocycles. The van der Waals surface area contributed by atoms with Crippen LogP contribution in [0, 0.1) is 5.82 Å². The number of piperidine rings is 1. The molecule has 160 valence electrons. The number of ether oxygens (including phenoxy) is 1. The Morgan fingerprint density at radius 2 is 1.93 bits per heavy atom. The number of likely N-dealkylation sites (tertiary alicyclic amines) is 1. The summed E-state index contributed by atoms with van der Waals surface area (Å²) >= 11 is 6.36. The summed E-state index contributed by atoms with van der Waals surface area (Å²) in [6.07, 6.45) is 1.83. The van der Waals surface area contributed by atoms with Crippen LogP contribution in [0.1, 0.15) is 42.4 Å². The Labute approximate surface area is 181 Å². The summed E-state index contributed by atoms with van der Waals surface area (Å²) in [7, 11) is 2.09. The third-order valence-electron chi connectivity index (χ3n) is 5.42. The molecule has 2 aromatic carbocycles. The number of carbonyl (C=O) groups is 1. The van der Waals surface area contributed by atoms with Crippen LogP contribution in [0.2, 0.25) is 5.02 Å². The second-order valence-corrected chi connectivity index (χ2v) is 7.86. The van der Waals surface area contributed by atoms with Crippen LogP contribution in [0.3, 0.4) is 0 Å². The molecule has 0 aliphatic carbocycles. The van der Waals surface area contributed by atoms with Crippen molar-refractivity contribution in [3.8, 4) is 0 Å². The van der Waals surface area contributed by atoms with Crippen LogP contribution in [0.5, 0.6) is 0 Å². The highest BCUT2D eigenvalue weighted by Gasteiger charge is 2.27. The van der Waals surface area contributed by atoms with E-state index in [1.54, 1.807) is 31.2 Å². The molecule has 1 aliphatic rings. The molecule has 0 aromatic heterocycles. The van der Waals surface area contributed by atoms with E-state index in [-0.39, 0.29) is 19.1 Å². The largest absolute Gasteiger partial charge is 0.465 e. The number of nitrogens with zero attached hydrogens (tertiary/aromatic N) is 2. The van der Waals surface area contributed by atoms with Gasteiger partial charge in [0, 0.05) is 11.1 Å². The summed E-state index contributed by atoms with van der Waals surface area (Å²) in [5.41, 5.74) is 9.20. The maximum atomic E-state index is 14.7.